The van der Waals surface area contributed by atoms with Gasteiger partial charge < -0.3 is 4.74 Å². The molecule has 0 N–H and O–H groups in total. The zero-order chi connectivity index (χ0) is 7.98. The lowest BCUT2D eigenvalue weighted by Crippen LogP contribution is -2.13. The molecular weight excluding hydrogens is 136 g/mol. The van der Waals surface area contributed by atoms with E-state index in [4.69, 9.17) is 10.5 Å². The molecular formula is C5H2N2O3. The minimum Gasteiger partial charge on any atom is -0.394 e. The normalized spacial score (nSPS) is 7.50. The molecule has 0 saturated carbocycles. The van der Waals surface area contributed by atoms with E-state index in [1.54, 1.807) is 0 Å². The lowest BCUT2D eigenvalue weighted by molar-refractivity contribution is -0.152. The maximum absolute atomic E-state index is 10.3. The fourth-order valence-corrected chi connectivity index (χ4v) is 0.250. The van der Waals surface area contributed by atoms with E-state index in [9.17, 15) is 9.59 Å². The smallest absolute Gasteiger partial charge is 0.345 e. The average Bonchev–Trinajstić information content (AvgIpc) is 1.91. The number of ether oxygens (including phenoxy) is 1. The lowest BCUT2D eigenvalue weighted by Gasteiger charge is -1.91. The number of carbonyl (C=O) groups excluding carboxylic acids is 2. The lowest BCUT2D eigenvalue weighted by atomic mass is 10.2. The predicted molar refractivity (Wildman–Crippen MR) is 26.9 cm³/mol. The van der Waals surface area contributed by atoms with Gasteiger partial charge in [-0.25, -0.2) is 4.79 Å². The Labute approximate surface area is 56.4 Å². The van der Waals surface area contributed by atoms with Gasteiger partial charge in [-0.15, -0.1) is 0 Å². The van der Waals surface area contributed by atoms with Crippen LogP contribution in [-0.2, 0) is 14.3 Å². The summed E-state index contributed by atoms with van der Waals surface area (Å²) >= 11 is 0. The first-order valence-electron chi connectivity index (χ1n) is 2.19. The Kier molecular flexibility index (Phi) is 3.28. The Morgan fingerprint density at radius 2 is 2.00 bits per heavy atom. The van der Waals surface area contributed by atoms with E-state index >= 15 is 0 Å². The van der Waals surface area contributed by atoms with E-state index in [2.05, 4.69) is 4.74 Å². The molecule has 0 rings (SSSR count). The van der Waals surface area contributed by atoms with E-state index in [-0.39, 0.29) is 6.47 Å². The highest BCUT2D eigenvalue weighted by Gasteiger charge is 2.17. The Morgan fingerprint density at radius 3 is 2.30 bits per heavy atom. The standard InChI is InChI=1S/C5H2N2O3/c6-1-4(2-7)5(9)10-3-8/h3-4H. The molecule has 5 heteroatoms. The number of carbonyl (C=O) groups is 2. The molecule has 0 aromatic heterocycles. The molecule has 0 aliphatic carbocycles. The van der Waals surface area contributed by atoms with Crippen molar-refractivity contribution >= 4 is 12.4 Å². The van der Waals surface area contributed by atoms with Crippen LogP contribution in [0.3, 0.4) is 0 Å². The van der Waals surface area contributed by atoms with Crippen molar-refractivity contribution in [2.45, 2.75) is 0 Å². The molecule has 0 bridgehead atoms. The zero-order valence-corrected chi connectivity index (χ0v) is 4.77. The molecule has 0 spiro atoms. The zero-order valence-electron chi connectivity index (χ0n) is 4.77. The Balaban J connectivity index is 4.09. The quantitative estimate of drug-likeness (QED) is 0.287. The molecule has 0 aromatic carbocycles. The van der Waals surface area contributed by atoms with Crippen LogP contribution in [0.4, 0.5) is 0 Å². The Morgan fingerprint density at radius 1 is 1.50 bits per heavy atom. The van der Waals surface area contributed by atoms with Crippen molar-refractivity contribution in [1.29, 1.82) is 10.5 Å². The monoisotopic (exact) mass is 138 g/mol. The maximum Gasteiger partial charge on any atom is 0.345 e. The number of nitrogens with zero attached hydrogens (tertiary/aromatic N) is 2. The summed E-state index contributed by atoms with van der Waals surface area (Å²) in [4.78, 5) is 19.8. The highest BCUT2D eigenvalue weighted by Crippen LogP contribution is 1.93. The second kappa shape index (κ2) is 4.04. The van der Waals surface area contributed by atoms with Crippen LogP contribution in [0, 0.1) is 28.6 Å². The van der Waals surface area contributed by atoms with Crippen molar-refractivity contribution in [3.63, 3.8) is 0 Å². The second-order valence-corrected chi connectivity index (χ2v) is 1.22. The Bertz CT molecular complexity index is 208. The summed E-state index contributed by atoms with van der Waals surface area (Å²) in [6, 6.07) is 2.68. The fraction of sp³-hybridized carbons (Fsp3) is 0.200. The van der Waals surface area contributed by atoms with E-state index < -0.39 is 11.9 Å². The molecule has 0 unspecified atom stereocenters. The molecule has 0 aliphatic rings. The predicted octanol–water partition coefficient (Wildman–Crippen LogP) is -0.651. The van der Waals surface area contributed by atoms with Crippen LogP contribution in [0.1, 0.15) is 0 Å². The van der Waals surface area contributed by atoms with Crippen LogP contribution in [0.15, 0.2) is 0 Å². The van der Waals surface area contributed by atoms with E-state index in [1.165, 1.54) is 12.1 Å². The molecule has 50 valence electrons. The summed E-state index contributed by atoms with van der Waals surface area (Å²) in [6.07, 6.45) is 0. The molecule has 0 aliphatic heterocycles. The highest BCUT2D eigenvalue weighted by atomic mass is 16.6. The van der Waals surface area contributed by atoms with E-state index in [0.717, 1.165) is 0 Å². The summed E-state index contributed by atoms with van der Waals surface area (Å²) < 4.78 is 3.72. The molecule has 0 atom stereocenters. The third-order valence-corrected chi connectivity index (χ3v) is 0.658. The van der Waals surface area contributed by atoms with Gasteiger partial charge >= 0.3 is 12.4 Å². The Hall–Kier alpha value is -1.88. The molecule has 0 radical (unpaired) electrons. The second-order valence-electron chi connectivity index (χ2n) is 1.22. The van der Waals surface area contributed by atoms with Crippen molar-refractivity contribution in [1.82, 2.24) is 0 Å². The number of esters is 1. The van der Waals surface area contributed by atoms with Gasteiger partial charge in [-0.2, -0.15) is 10.5 Å². The molecule has 0 fully saturated rings. The number of hydrogen-bond acceptors (Lipinski definition) is 5. The van der Waals surface area contributed by atoms with Crippen LogP contribution in [0.25, 0.3) is 0 Å². The van der Waals surface area contributed by atoms with Gasteiger partial charge in [0, 0.05) is 0 Å². The van der Waals surface area contributed by atoms with Crippen molar-refractivity contribution < 1.29 is 14.3 Å². The van der Waals surface area contributed by atoms with Crippen LogP contribution in [0.2, 0.25) is 0 Å². The van der Waals surface area contributed by atoms with Gasteiger partial charge in [-0.3, -0.25) is 4.79 Å². The molecule has 5 nitrogen and oxygen atoms in total. The van der Waals surface area contributed by atoms with Gasteiger partial charge in [-0.05, 0) is 0 Å². The van der Waals surface area contributed by atoms with Crippen molar-refractivity contribution in [3.05, 3.63) is 0 Å². The van der Waals surface area contributed by atoms with Gasteiger partial charge in [0.1, 0.15) is 0 Å². The summed E-state index contributed by atoms with van der Waals surface area (Å²) in [7, 11) is 0. The first-order chi connectivity index (χ1) is 4.76. The van der Waals surface area contributed by atoms with Crippen LogP contribution in [-0.4, -0.2) is 12.4 Å². The number of rotatable bonds is 2. The third kappa shape index (κ3) is 1.93. The highest BCUT2D eigenvalue weighted by molar-refractivity contribution is 5.83. The largest absolute Gasteiger partial charge is 0.394 e. The van der Waals surface area contributed by atoms with Gasteiger partial charge in [0.25, 0.3) is 0 Å². The summed E-state index contributed by atoms with van der Waals surface area (Å²) in [5.74, 6) is -2.65. The minimum atomic E-state index is -1.51. The summed E-state index contributed by atoms with van der Waals surface area (Å²) in [5, 5.41) is 16.1. The van der Waals surface area contributed by atoms with Gasteiger partial charge in [0.15, 0.2) is 0 Å². The topological polar surface area (TPSA) is 91.0 Å². The van der Waals surface area contributed by atoms with E-state index in [0.29, 0.717) is 0 Å². The van der Waals surface area contributed by atoms with E-state index in [1.807, 2.05) is 0 Å². The van der Waals surface area contributed by atoms with Gasteiger partial charge in [0.05, 0.1) is 12.1 Å². The molecule has 10 heavy (non-hydrogen) atoms. The SMILES string of the molecule is N#CC(C#N)C(=O)OC=O. The maximum atomic E-state index is 10.3. The number of nitriles is 2. The fourth-order valence-electron chi connectivity index (χ4n) is 0.250. The summed E-state index contributed by atoms with van der Waals surface area (Å²) in [5.41, 5.74) is 0. The number of hydrogen-bond donors (Lipinski definition) is 0. The average molecular weight is 138 g/mol. The van der Waals surface area contributed by atoms with Crippen molar-refractivity contribution in [2.24, 2.45) is 5.92 Å². The molecule has 0 heterocycles. The first-order valence-corrected chi connectivity index (χ1v) is 2.19. The molecule has 0 saturated heterocycles. The van der Waals surface area contributed by atoms with Crippen LogP contribution in [0.5, 0.6) is 0 Å². The first kappa shape index (κ1) is 8.12. The minimum absolute atomic E-state index is 0.121. The van der Waals surface area contributed by atoms with Gasteiger partial charge in [0.2, 0.25) is 5.92 Å². The molecule has 0 aromatic rings. The van der Waals surface area contributed by atoms with Gasteiger partial charge in [-0.1, -0.05) is 0 Å². The van der Waals surface area contributed by atoms with Crippen LogP contribution < -0.4 is 0 Å². The summed E-state index contributed by atoms with van der Waals surface area (Å²) in [6.45, 7) is -0.121. The van der Waals surface area contributed by atoms with Crippen LogP contribution >= 0.6 is 0 Å². The third-order valence-electron chi connectivity index (χ3n) is 0.658. The van der Waals surface area contributed by atoms with Crippen molar-refractivity contribution in [3.8, 4) is 12.1 Å². The molecule has 0 amide bonds. The van der Waals surface area contributed by atoms with Crippen molar-refractivity contribution in [2.75, 3.05) is 0 Å².